The fourth-order valence-electron chi connectivity index (χ4n) is 1.21. The second-order valence-electron chi connectivity index (χ2n) is 4.88. The highest BCUT2D eigenvalue weighted by atomic mass is 32.1. The molecular weight excluding hydrogens is 234 g/mol. The van der Waals surface area contributed by atoms with Gasteiger partial charge in [-0.05, 0) is 36.5 Å². The van der Waals surface area contributed by atoms with Crippen molar-refractivity contribution in [2.45, 2.75) is 0 Å². The van der Waals surface area contributed by atoms with Gasteiger partial charge in [0.05, 0.1) is 21.1 Å². The molecule has 1 aromatic carbocycles. The Labute approximate surface area is 108 Å². The molecule has 0 unspecified atom stereocenters. The van der Waals surface area contributed by atoms with Crippen molar-refractivity contribution in [3.63, 3.8) is 0 Å². The second-order valence-corrected chi connectivity index (χ2v) is 5.32. The molecule has 5 heteroatoms. The Morgan fingerprint density at radius 2 is 1.88 bits per heavy atom. The van der Waals surface area contributed by atoms with Crippen LogP contribution in [0, 0.1) is 0 Å². The van der Waals surface area contributed by atoms with Crippen LogP contribution in [0.15, 0.2) is 24.3 Å². The predicted molar refractivity (Wildman–Crippen MR) is 75.2 cm³/mol. The lowest BCUT2D eigenvalue weighted by Crippen LogP contribution is -2.38. The molecule has 0 saturated carbocycles. The Kier molecular flexibility index (Phi) is 4.72. The van der Waals surface area contributed by atoms with Crippen LogP contribution in [0.1, 0.15) is 0 Å². The molecule has 1 aromatic rings. The number of thiocarbonyl (C=S) groups is 1. The van der Waals surface area contributed by atoms with Crippen molar-refractivity contribution in [2.24, 2.45) is 5.73 Å². The van der Waals surface area contributed by atoms with E-state index in [-0.39, 0.29) is 5.11 Å². The van der Waals surface area contributed by atoms with E-state index in [2.05, 4.69) is 26.5 Å². The maximum atomic E-state index is 5.63. The number of quaternary nitrogens is 1. The van der Waals surface area contributed by atoms with Gasteiger partial charge in [0.15, 0.2) is 5.11 Å². The molecule has 0 bridgehead atoms. The lowest BCUT2D eigenvalue weighted by molar-refractivity contribution is -0.870. The summed E-state index contributed by atoms with van der Waals surface area (Å²) < 4.78 is 6.52. The van der Waals surface area contributed by atoms with Gasteiger partial charge >= 0.3 is 0 Å². The van der Waals surface area contributed by atoms with E-state index in [1.54, 1.807) is 0 Å². The topological polar surface area (TPSA) is 47.3 Å². The van der Waals surface area contributed by atoms with E-state index in [0.717, 1.165) is 22.5 Å². The minimum absolute atomic E-state index is 0.267. The van der Waals surface area contributed by atoms with Crippen LogP contribution >= 0.6 is 12.2 Å². The molecule has 1 rings (SSSR count). The van der Waals surface area contributed by atoms with Crippen LogP contribution in [0.25, 0.3) is 0 Å². The minimum Gasteiger partial charge on any atom is -0.488 e. The van der Waals surface area contributed by atoms with E-state index in [1.165, 1.54) is 0 Å². The summed E-state index contributed by atoms with van der Waals surface area (Å²) in [7, 11) is 6.41. The van der Waals surface area contributed by atoms with Crippen LogP contribution < -0.4 is 15.8 Å². The van der Waals surface area contributed by atoms with E-state index < -0.39 is 0 Å². The number of likely N-dealkylation sites (N-methyl/N-ethyl adjacent to an activating group) is 1. The van der Waals surface area contributed by atoms with E-state index in [4.69, 9.17) is 22.7 Å². The van der Waals surface area contributed by atoms with Gasteiger partial charge in [-0.25, -0.2) is 0 Å². The number of ether oxygens (including phenoxy) is 1. The van der Waals surface area contributed by atoms with Crippen LogP contribution in [0.2, 0.25) is 0 Å². The third-order valence-corrected chi connectivity index (χ3v) is 2.25. The number of hydrogen-bond acceptors (Lipinski definition) is 2. The first kappa shape index (κ1) is 13.7. The summed E-state index contributed by atoms with van der Waals surface area (Å²) in [5, 5.41) is 3.13. The summed E-state index contributed by atoms with van der Waals surface area (Å²) in [4.78, 5) is 0. The van der Waals surface area contributed by atoms with Crippen molar-refractivity contribution < 1.29 is 9.22 Å². The lowest BCUT2D eigenvalue weighted by Gasteiger charge is -2.23. The summed E-state index contributed by atoms with van der Waals surface area (Å²) in [5.41, 5.74) is 6.25. The molecule has 94 valence electrons. The van der Waals surface area contributed by atoms with E-state index in [0.29, 0.717) is 6.61 Å². The molecule has 0 aliphatic rings. The van der Waals surface area contributed by atoms with Crippen molar-refractivity contribution in [3.05, 3.63) is 24.3 Å². The highest BCUT2D eigenvalue weighted by Gasteiger charge is 2.06. The SMILES string of the molecule is C[N+](C)(C)CCOc1ccc(NC(N)=S)cc1. The molecule has 0 heterocycles. The molecule has 4 nitrogen and oxygen atoms in total. The van der Waals surface area contributed by atoms with Gasteiger partial charge in [-0.15, -0.1) is 0 Å². The molecule has 3 N–H and O–H groups in total. The van der Waals surface area contributed by atoms with Crippen LogP contribution in [-0.2, 0) is 0 Å². The van der Waals surface area contributed by atoms with Crippen LogP contribution in [0.4, 0.5) is 5.69 Å². The van der Waals surface area contributed by atoms with Crippen molar-refractivity contribution in [3.8, 4) is 5.75 Å². The van der Waals surface area contributed by atoms with Crippen molar-refractivity contribution in [1.82, 2.24) is 0 Å². The molecule has 0 aromatic heterocycles. The zero-order valence-corrected chi connectivity index (χ0v) is 11.4. The van der Waals surface area contributed by atoms with Gasteiger partial charge in [0.2, 0.25) is 0 Å². The smallest absolute Gasteiger partial charge is 0.168 e. The quantitative estimate of drug-likeness (QED) is 0.616. The standard InChI is InChI=1S/C12H19N3OS/c1-15(2,3)8-9-16-11-6-4-10(5-7-11)14-12(13)17/h4-7H,8-9H2,1-3H3,(H2-,13,14,17)/p+1. The Hall–Kier alpha value is -1.33. The molecule has 17 heavy (non-hydrogen) atoms. The highest BCUT2D eigenvalue weighted by molar-refractivity contribution is 7.80. The Morgan fingerprint density at radius 1 is 1.29 bits per heavy atom. The predicted octanol–water partition coefficient (Wildman–Crippen LogP) is 1.43. The normalized spacial score (nSPS) is 11.0. The summed E-state index contributed by atoms with van der Waals surface area (Å²) in [6, 6.07) is 7.58. The second kappa shape index (κ2) is 5.84. The Morgan fingerprint density at radius 3 is 2.35 bits per heavy atom. The highest BCUT2D eigenvalue weighted by Crippen LogP contribution is 2.15. The van der Waals surface area contributed by atoms with E-state index in [9.17, 15) is 0 Å². The molecule has 0 radical (unpaired) electrons. The van der Waals surface area contributed by atoms with Gasteiger partial charge < -0.3 is 20.3 Å². The summed E-state index contributed by atoms with van der Waals surface area (Å²) in [6.07, 6.45) is 0. The van der Waals surface area contributed by atoms with Gasteiger partial charge in [0, 0.05) is 5.69 Å². The van der Waals surface area contributed by atoms with E-state index >= 15 is 0 Å². The zero-order valence-electron chi connectivity index (χ0n) is 10.6. The first-order valence-electron chi connectivity index (χ1n) is 5.46. The summed E-state index contributed by atoms with van der Waals surface area (Å²) in [5.74, 6) is 0.854. The maximum absolute atomic E-state index is 5.63. The van der Waals surface area contributed by atoms with Crippen LogP contribution in [0.5, 0.6) is 5.75 Å². The maximum Gasteiger partial charge on any atom is 0.168 e. The van der Waals surface area contributed by atoms with Gasteiger partial charge in [-0.1, -0.05) is 0 Å². The zero-order chi connectivity index (χ0) is 12.9. The molecule has 0 aliphatic carbocycles. The van der Waals surface area contributed by atoms with Crippen LogP contribution in [0.3, 0.4) is 0 Å². The first-order chi connectivity index (χ1) is 7.87. The fraction of sp³-hybridized carbons (Fsp3) is 0.417. The molecule has 0 fully saturated rings. The number of hydrogen-bond donors (Lipinski definition) is 2. The molecular formula is C12H20N3OS+. The number of nitrogens with one attached hydrogen (secondary N) is 1. The van der Waals surface area contributed by atoms with Crippen molar-refractivity contribution >= 4 is 23.0 Å². The van der Waals surface area contributed by atoms with Gasteiger partial charge in [0.1, 0.15) is 18.9 Å². The Bertz CT molecular complexity index is 370. The third-order valence-electron chi connectivity index (χ3n) is 2.15. The Balaban J connectivity index is 2.43. The fourth-order valence-corrected chi connectivity index (χ4v) is 1.33. The largest absolute Gasteiger partial charge is 0.488 e. The first-order valence-corrected chi connectivity index (χ1v) is 5.87. The summed E-state index contributed by atoms with van der Waals surface area (Å²) in [6.45, 7) is 1.67. The number of anilines is 1. The minimum atomic E-state index is 0.267. The van der Waals surface area contributed by atoms with E-state index in [1.807, 2.05) is 24.3 Å². The molecule has 0 saturated heterocycles. The average molecular weight is 254 g/mol. The van der Waals surface area contributed by atoms with Gasteiger partial charge in [-0.3, -0.25) is 0 Å². The molecule has 0 spiro atoms. The number of rotatable bonds is 5. The third kappa shape index (κ3) is 6.09. The number of nitrogens with two attached hydrogens (primary N) is 1. The van der Waals surface area contributed by atoms with Crippen molar-refractivity contribution in [1.29, 1.82) is 0 Å². The van der Waals surface area contributed by atoms with Gasteiger partial charge in [-0.2, -0.15) is 0 Å². The van der Waals surface area contributed by atoms with Crippen molar-refractivity contribution in [2.75, 3.05) is 39.6 Å². The average Bonchev–Trinajstić information content (AvgIpc) is 2.18. The summed E-state index contributed by atoms with van der Waals surface area (Å²) >= 11 is 4.75. The monoisotopic (exact) mass is 254 g/mol. The molecule has 0 amide bonds. The van der Waals surface area contributed by atoms with Gasteiger partial charge in [0.25, 0.3) is 0 Å². The lowest BCUT2D eigenvalue weighted by atomic mass is 10.3. The van der Waals surface area contributed by atoms with Crippen LogP contribution in [-0.4, -0.2) is 43.9 Å². The molecule has 0 atom stereocenters. The molecule has 0 aliphatic heterocycles. The number of nitrogens with zero attached hydrogens (tertiary/aromatic N) is 1. The number of benzene rings is 1.